The summed E-state index contributed by atoms with van der Waals surface area (Å²) in [5.74, 6) is -0.743. The van der Waals surface area contributed by atoms with Crippen LogP contribution in [0.2, 0.25) is 0 Å². The number of para-hydroxylation sites is 1. The highest BCUT2D eigenvalue weighted by molar-refractivity contribution is 6.06. The van der Waals surface area contributed by atoms with E-state index in [-0.39, 0.29) is 5.69 Å². The molecule has 6 nitrogen and oxygen atoms in total. The number of benzene rings is 1. The minimum atomic E-state index is -1.09. The van der Waals surface area contributed by atoms with Gasteiger partial charge in [0.2, 0.25) is 0 Å². The van der Waals surface area contributed by atoms with E-state index >= 15 is 0 Å². The predicted octanol–water partition coefficient (Wildman–Crippen LogP) is 2.16. The summed E-state index contributed by atoms with van der Waals surface area (Å²) in [7, 11) is 1.63. The number of carboxylic acids is 1. The third-order valence-electron chi connectivity index (χ3n) is 3.44. The summed E-state index contributed by atoms with van der Waals surface area (Å²) in [5.41, 5.74) is 9.06. The molecule has 6 heteroatoms. The van der Waals surface area contributed by atoms with Crippen LogP contribution in [0.3, 0.4) is 0 Å². The van der Waals surface area contributed by atoms with Gasteiger partial charge in [0, 0.05) is 29.2 Å². The molecule has 0 aliphatic rings. The van der Waals surface area contributed by atoms with Crippen molar-refractivity contribution in [2.45, 2.75) is 6.92 Å². The molecule has 102 valence electrons. The standard InChI is InChI=1S/C14H14N4O2/c1-7-10(8-5-3-4-6-9(8)16-7)11-12(14(19)20)17-18(2)13(11)15/h3-6,16H,15H2,1-2H3,(H,19,20). The van der Waals surface area contributed by atoms with Gasteiger partial charge in [-0.1, -0.05) is 18.2 Å². The van der Waals surface area contributed by atoms with Crippen molar-refractivity contribution in [3.63, 3.8) is 0 Å². The monoisotopic (exact) mass is 270 g/mol. The summed E-state index contributed by atoms with van der Waals surface area (Å²) in [4.78, 5) is 14.6. The third-order valence-corrected chi connectivity index (χ3v) is 3.44. The van der Waals surface area contributed by atoms with Crippen LogP contribution in [0.5, 0.6) is 0 Å². The van der Waals surface area contributed by atoms with Crippen molar-refractivity contribution in [3.8, 4) is 11.1 Å². The molecule has 0 fully saturated rings. The average molecular weight is 270 g/mol. The fourth-order valence-electron chi connectivity index (χ4n) is 2.53. The summed E-state index contributed by atoms with van der Waals surface area (Å²) in [6, 6.07) is 7.71. The molecule has 2 aromatic heterocycles. The molecule has 0 aliphatic heterocycles. The smallest absolute Gasteiger partial charge is 0.357 e. The largest absolute Gasteiger partial charge is 0.476 e. The number of anilines is 1. The van der Waals surface area contributed by atoms with Gasteiger partial charge in [0.25, 0.3) is 0 Å². The first-order valence-electron chi connectivity index (χ1n) is 6.14. The molecule has 4 N–H and O–H groups in total. The number of aromatic nitrogens is 3. The Kier molecular flexibility index (Phi) is 2.53. The lowest BCUT2D eigenvalue weighted by Crippen LogP contribution is -2.00. The SMILES string of the molecule is Cc1[nH]c2ccccc2c1-c1c(C(=O)O)nn(C)c1N. The van der Waals surface area contributed by atoms with Gasteiger partial charge < -0.3 is 15.8 Å². The lowest BCUT2D eigenvalue weighted by atomic mass is 10.0. The van der Waals surface area contributed by atoms with E-state index in [4.69, 9.17) is 5.73 Å². The fourth-order valence-corrected chi connectivity index (χ4v) is 2.53. The molecule has 0 saturated heterocycles. The zero-order valence-corrected chi connectivity index (χ0v) is 11.1. The van der Waals surface area contributed by atoms with Crippen LogP contribution < -0.4 is 5.73 Å². The van der Waals surface area contributed by atoms with Gasteiger partial charge in [-0.25, -0.2) is 4.79 Å². The molecular formula is C14H14N4O2. The summed E-state index contributed by atoms with van der Waals surface area (Å²) >= 11 is 0. The second kappa shape index (κ2) is 4.12. The molecule has 0 atom stereocenters. The maximum Gasteiger partial charge on any atom is 0.357 e. The Morgan fingerprint density at radius 3 is 2.75 bits per heavy atom. The van der Waals surface area contributed by atoms with E-state index in [9.17, 15) is 9.90 Å². The first-order chi connectivity index (χ1) is 9.50. The molecule has 0 saturated carbocycles. The maximum absolute atomic E-state index is 11.4. The molecule has 3 rings (SSSR count). The van der Waals surface area contributed by atoms with Crippen molar-refractivity contribution in [2.75, 3.05) is 5.73 Å². The highest BCUT2D eigenvalue weighted by Crippen LogP contribution is 2.37. The Labute approximate surface area is 114 Å². The number of nitrogens with zero attached hydrogens (tertiary/aromatic N) is 2. The fraction of sp³-hybridized carbons (Fsp3) is 0.143. The average Bonchev–Trinajstić information content (AvgIpc) is 2.87. The van der Waals surface area contributed by atoms with E-state index in [0.29, 0.717) is 11.4 Å². The first kappa shape index (κ1) is 12.3. The summed E-state index contributed by atoms with van der Waals surface area (Å²) in [6.45, 7) is 1.90. The maximum atomic E-state index is 11.4. The first-order valence-corrected chi connectivity index (χ1v) is 6.14. The van der Waals surface area contributed by atoms with Crippen molar-refractivity contribution < 1.29 is 9.90 Å². The molecule has 0 unspecified atom stereocenters. The number of carboxylic acid groups (broad SMARTS) is 1. The molecular weight excluding hydrogens is 256 g/mol. The Balaban J connectivity index is 2.42. The minimum absolute atomic E-state index is 0.0298. The van der Waals surface area contributed by atoms with Crippen molar-refractivity contribution in [1.29, 1.82) is 0 Å². The molecule has 0 radical (unpaired) electrons. The summed E-state index contributed by atoms with van der Waals surface area (Å²) < 4.78 is 1.39. The summed E-state index contributed by atoms with van der Waals surface area (Å²) in [6.07, 6.45) is 0. The van der Waals surface area contributed by atoms with Crippen LogP contribution in [0.25, 0.3) is 22.0 Å². The van der Waals surface area contributed by atoms with Gasteiger partial charge in [-0.15, -0.1) is 0 Å². The number of aromatic amines is 1. The van der Waals surface area contributed by atoms with Crippen LogP contribution in [0.15, 0.2) is 24.3 Å². The Hall–Kier alpha value is -2.76. The number of aromatic carboxylic acids is 1. The van der Waals surface area contributed by atoms with Crippen LogP contribution in [0.4, 0.5) is 5.82 Å². The quantitative estimate of drug-likeness (QED) is 0.664. The Morgan fingerprint density at radius 1 is 1.35 bits per heavy atom. The van der Waals surface area contributed by atoms with Crippen LogP contribution in [-0.4, -0.2) is 25.8 Å². The molecule has 20 heavy (non-hydrogen) atoms. The number of nitrogens with two attached hydrogens (primary N) is 1. The van der Waals surface area contributed by atoms with Crippen LogP contribution in [0.1, 0.15) is 16.2 Å². The van der Waals surface area contributed by atoms with Gasteiger partial charge >= 0.3 is 5.97 Å². The van der Waals surface area contributed by atoms with Gasteiger partial charge in [-0.2, -0.15) is 5.10 Å². The number of fused-ring (bicyclic) bond motifs is 1. The van der Waals surface area contributed by atoms with E-state index in [0.717, 1.165) is 22.2 Å². The predicted molar refractivity (Wildman–Crippen MR) is 76.6 cm³/mol. The minimum Gasteiger partial charge on any atom is -0.476 e. The van der Waals surface area contributed by atoms with E-state index in [1.807, 2.05) is 31.2 Å². The second-order valence-corrected chi connectivity index (χ2v) is 4.71. The normalized spacial score (nSPS) is 11.1. The number of nitrogen functional groups attached to an aromatic ring is 1. The molecule has 3 aromatic rings. The van der Waals surface area contributed by atoms with Crippen molar-refractivity contribution >= 4 is 22.7 Å². The molecule has 0 spiro atoms. The molecule has 0 aliphatic carbocycles. The van der Waals surface area contributed by atoms with Gasteiger partial charge in [0.05, 0.1) is 5.56 Å². The molecule has 0 amide bonds. The van der Waals surface area contributed by atoms with Crippen LogP contribution in [0, 0.1) is 6.92 Å². The van der Waals surface area contributed by atoms with Crippen molar-refractivity contribution in [2.24, 2.45) is 7.05 Å². The molecule has 1 aromatic carbocycles. The topological polar surface area (TPSA) is 96.9 Å². The van der Waals surface area contributed by atoms with E-state index in [1.165, 1.54) is 4.68 Å². The van der Waals surface area contributed by atoms with Gasteiger partial charge in [-0.3, -0.25) is 4.68 Å². The zero-order valence-electron chi connectivity index (χ0n) is 11.1. The summed E-state index contributed by atoms with van der Waals surface area (Å²) in [5, 5.41) is 14.3. The van der Waals surface area contributed by atoms with Gasteiger partial charge in [-0.05, 0) is 13.0 Å². The Morgan fingerprint density at radius 2 is 2.05 bits per heavy atom. The van der Waals surface area contributed by atoms with Crippen LogP contribution in [-0.2, 0) is 7.05 Å². The van der Waals surface area contributed by atoms with E-state index < -0.39 is 5.97 Å². The zero-order chi connectivity index (χ0) is 14.4. The number of carbonyl (C=O) groups is 1. The van der Waals surface area contributed by atoms with Gasteiger partial charge in [0.1, 0.15) is 5.82 Å². The molecule has 2 heterocycles. The second-order valence-electron chi connectivity index (χ2n) is 4.71. The van der Waals surface area contributed by atoms with Gasteiger partial charge in [0.15, 0.2) is 5.69 Å². The number of hydrogen-bond acceptors (Lipinski definition) is 3. The van der Waals surface area contributed by atoms with E-state index in [1.54, 1.807) is 7.05 Å². The third kappa shape index (κ3) is 1.58. The van der Waals surface area contributed by atoms with Crippen LogP contribution >= 0.6 is 0 Å². The van der Waals surface area contributed by atoms with Crippen molar-refractivity contribution in [3.05, 3.63) is 35.7 Å². The number of aryl methyl sites for hydroxylation is 2. The van der Waals surface area contributed by atoms with E-state index in [2.05, 4.69) is 10.1 Å². The highest BCUT2D eigenvalue weighted by Gasteiger charge is 2.24. The lowest BCUT2D eigenvalue weighted by molar-refractivity contribution is 0.0690. The lowest BCUT2D eigenvalue weighted by Gasteiger charge is -2.02. The number of hydrogen-bond donors (Lipinski definition) is 3. The number of H-pyrrole nitrogens is 1. The molecule has 0 bridgehead atoms. The number of nitrogens with one attached hydrogen (secondary N) is 1. The number of rotatable bonds is 2. The Bertz CT molecular complexity index is 829. The highest BCUT2D eigenvalue weighted by atomic mass is 16.4. The van der Waals surface area contributed by atoms with Crippen molar-refractivity contribution in [1.82, 2.24) is 14.8 Å².